The molecule has 0 spiro atoms. The van der Waals surface area contributed by atoms with Gasteiger partial charge in [-0.3, -0.25) is 9.59 Å². The van der Waals surface area contributed by atoms with Crippen molar-refractivity contribution in [1.29, 1.82) is 0 Å². The molecule has 1 heterocycles. The van der Waals surface area contributed by atoms with Gasteiger partial charge in [-0.15, -0.1) is 0 Å². The van der Waals surface area contributed by atoms with Crippen LogP contribution < -0.4 is 4.74 Å². The number of hydrogen-bond acceptors (Lipinski definition) is 6. The van der Waals surface area contributed by atoms with Gasteiger partial charge in [-0.25, -0.2) is 0 Å². The Labute approximate surface area is 146 Å². The summed E-state index contributed by atoms with van der Waals surface area (Å²) in [4.78, 5) is 22.2. The van der Waals surface area contributed by atoms with E-state index in [0.717, 1.165) is 5.56 Å². The molecule has 0 bridgehead atoms. The van der Waals surface area contributed by atoms with Crippen molar-refractivity contribution in [1.82, 2.24) is 0 Å². The fourth-order valence-corrected chi connectivity index (χ4v) is 2.26. The van der Waals surface area contributed by atoms with Gasteiger partial charge < -0.3 is 18.9 Å². The molecule has 0 radical (unpaired) electrons. The predicted octanol–water partition coefficient (Wildman–Crippen LogP) is 1.87. The highest BCUT2D eigenvalue weighted by Crippen LogP contribution is 2.19. The lowest BCUT2D eigenvalue weighted by atomic mass is 10.1. The largest absolute Gasteiger partial charge is 0.495 e. The first-order valence-electron chi connectivity index (χ1n) is 7.78. The molecule has 1 aliphatic rings. The van der Waals surface area contributed by atoms with E-state index < -0.39 is 30.3 Å². The Bertz CT molecular complexity index is 712. The minimum Gasteiger partial charge on any atom is -0.495 e. The molecule has 0 fully saturated rings. The molecule has 25 heavy (non-hydrogen) atoms. The molecule has 0 saturated carbocycles. The van der Waals surface area contributed by atoms with Crippen molar-refractivity contribution in [2.24, 2.45) is 0 Å². The summed E-state index contributed by atoms with van der Waals surface area (Å²) in [7, 11) is 1.58. The number of carbonyl (C=O) groups excluding carboxylic acids is 2. The van der Waals surface area contributed by atoms with Crippen molar-refractivity contribution in [2.75, 3.05) is 13.7 Å². The van der Waals surface area contributed by atoms with Crippen LogP contribution >= 0.6 is 0 Å². The van der Waals surface area contributed by atoms with E-state index in [1.807, 2.05) is 24.3 Å². The van der Waals surface area contributed by atoms with Crippen molar-refractivity contribution in [2.45, 2.75) is 32.2 Å². The molecule has 0 amide bonds. The zero-order valence-corrected chi connectivity index (χ0v) is 14.4. The van der Waals surface area contributed by atoms with Gasteiger partial charge >= 0.3 is 11.9 Å². The second-order valence-corrected chi connectivity index (χ2v) is 5.33. The number of ether oxygens (including phenoxy) is 4. The maximum Gasteiger partial charge on any atom is 0.303 e. The molecule has 0 N–H and O–H groups in total. The third-order valence-corrected chi connectivity index (χ3v) is 3.37. The first-order chi connectivity index (χ1) is 12.0. The number of rotatable bonds is 4. The molecule has 2 rings (SSSR count). The molecule has 0 unspecified atom stereocenters. The highest BCUT2D eigenvalue weighted by atomic mass is 16.6. The van der Waals surface area contributed by atoms with Crippen molar-refractivity contribution < 1.29 is 28.5 Å². The number of para-hydroxylation sites is 1. The van der Waals surface area contributed by atoms with Crippen LogP contribution in [-0.4, -0.2) is 44.0 Å². The monoisotopic (exact) mass is 344 g/mol. The topological polar surface area (TPSA) is 71.1 Å². The van der Waals surface area contributed by atoms with Crippen LogP contribution in [0.1, 0.15) is 19.4 Å². The summed E-state index contributed by atoms with van der Waals surface area (Å²) in [6.45, 7) is 2.59. The SMILES string of the molecule is COc1ccccc1C#C[C@@H]1C=C[C@H](OC(C)=O)[C@@H](COC(C)=O)O1. The van der Waals surface area contributed by atoms with Crippen LogP contribution in [0.5, 0.6) is 5.75 Å². The van der Waals surface area contributed by atoms with Gasteiger partial charge in [-0.1, -0.05) is 24.0 Å². The van der Waals surface area contributed by atoms with E-state index in [0.29, 0.717) is 5.75 Å². The zero-order valence-electron chi connectivity index (χ0n) is 14.4. The fraction of sp³-hybridized carbons (Fsp3) is 0.368. The lowest BCUT2D eigenvalue weighted by Gasteiger charge is -2.29. The van der Waals surface area contributed by atoms with Gasteiger partial charge in [0.2, 0.25) is 0 Å². The Hall–Kier alpha value is -2.78. The summed E-state index contributed by atoms with van der Waals surface area (Å²) in [6, 6.07) is 7.39. The molecule has 0 aliphatic carbocycles. The fourth-order valence-electron chi connectivity index (χ4n) is 2.26. The van der Waals surface area contributed by atoms with Crippen molar-refractivity contribution >= 4 is 11.9 Å². The molecule has 132 valence electrons. The Morgan fingerprint density at radius 3 is 2.60 bits per heavy atom. The summed E-state index contributed by atoms with van der Waals surface area (Å²) >= 11 is 0. The molecule has 6 nitrogen and oxygen atoms in total. The minimum atomic E-state index is -0.624. The minimum absolute atomic E-state index is 0.0234. The lowest BCUT2D eigenvalue weighted by Crippen LogP contribution is -2.41. The van der Waals surface area contributed by atoms with Crippen LogP contribution in [0.4, 0.5) is 0 Å². The lowest BCUT2D eigenvalue weighted by molar-refractivity contribution is -0.161. The van der Waals surface area contributed by atoms with Crippen LogP contribution in [-0.2, 0) is 23.8 Å². The molecule has 3 atom stereocenters. The second kappa shape index (κ2) is 8.90. The van der Waals surface area contributed by atoms with E-state index in [2.05, 4.69) is 11.8 Å². The Balaban J connectivity index is 2.13. The summed E-state index contributed by atoms with van der Waals surface area (Å²) in [5, 5.41) is 0. The number of methoxy groups -OCH3 is 1. The van der Waals surface area contributed by atoms with E-state index in [1.54, 1.807) is 19.3 Å². The average Bonchev–Trinajstić information content (AvgIpc) is 2.59. The molecular formula is C19H20O6. The molecule has 1 aliphatic heterocycles. The first kappa shape index (κ1) is 18.6. The smallest absolute Gasteiger partial charge is 0.303 e. The van der Waals surface area contributed by atoms with Crippen molar-refractivity contribution in [3.8, 4) is 17.6 Å². The van der Waals surface area contributed by atoms with Gasteiger partial charge in [0.1, 0.15) is 30.7 Å². The maximum atomic E-state index is 11.2. The van der Waals surface area contributed by atoms with Gasteiger partial charge in [0.15, 0.2) is 0 Å². The van der Waals surface area contributed by atoms with Crippen molar-refractivity contribution in [3.63, 3.8) is 0 Å². The molecular weight excluding hydrogens is 324 g/mol. The summed E-state index contributed by atoms with van der Waals surface area (Å²) in [6.07, 6.45) is 1.65. The van der Waals surface area contributed by atoms with Gasteiger partial charge in [0.25, 0.3) is 0 Å². The first-order valence-corrected chi connectivity index (χ1v) is 7.78. The second-order valence-electron chi connectivity index (χ2n) is 5.33. The highest BCUT2D eigenvalue weighted by Gasteiger charge is 2.30. The highest BCUT2D eigenvalue weighted by molar-refractivity contribution is 5.67. The van der Waals surface area contributed by atoms with Crippen LogP contribution in [0.3, 0.4) is 0 Å². The Morgan fingerprint density at radius 2 is 1.92 bits per heavy atom. The maximum absolute atomic E-state index is 11.2. The van der Waals surface area contributed by atoms with E-state index in [4.69, 9.17) is 18.9 Å². The van der Waals surface area contributed by atoms with Crippen LogP contribution in [0.2, 0.25) is 0 Å². The van der Waals surface area contributed by atoms with E-state index in [-0.39, 0.29) is 6.61 Å². The summed E-state index contributed by atoms with van der Waals surface area (Å²) in [5.41, 5.74) is 0.737. The van der Waals surface area contributed by atoms with E-state index >= 15 is 0 Å². The van der Waals surface area contributed by atoms with E-state index in [1.165, 1.54) is 13.8 Å². The molecule has 6 heteroatoms. The summed E-state index contributed by atoms with van der Waals surface area (Å²) < 4.78 is 21.2. The van der Waals surface area contributed by atoms with Gasteiger partial charge in [0, 0.05) is 13.8 Å². The molecule has 0 saturated heterocycles. The average molecular weight is 344 g/mol. The number of hydrogen-bond donors (Lipinski definition) is 0. The number of carbonyl (C=O) groups is 2. The van der Waals surface area contributed by atoms with Crippen LogP contribution in [0.15, 0.2) is 36.4 Å². The van der Waals surface area contributed by atoms with E-state index in [9.17, 15) is 9.59 Å². The third kappa shape index (κ3) is 5.66. The summed E-state index contributed by atoms with van der Waals surface area (Å²) in [5.74, 6) is 5.79. The van der Waals surface area contributed by atoms with Crippen LogP contribution in [0, 0.1) is 11.8 Å². The standard InChI is InChI=1S/C19H20O6/c1-13(20)23-12-19-18(24-14(2)21)11-10-16(25-19)9-8-15-6-4-5-7-17(15)22-3/h4-7,10-11,16,18-19H,12H2,1-3H3/t16-,18+,19-/m1/s1. The quantitative estimate of drug-likeness (QED) is 0.472. The molecule has 0 aromatic heterocycles. The van der Waals surface area contributed by atoms with Crippen molar-refractivity contribution in [3.05, 3.63) is 42.0 Å². The normalized spacial score (nSPS) is 21.6. The molecule has 1 aromatic rings. The van der Waals surface area contributed by atoms with Gasteiger partial charge in [-0.05, 0) is 24.3 Å². The Morgan fingerprint density at radius 1 is 1.16 bits per heavy atom. The number of esters is 2. The van der Waals surface area contributed by atoms with Crippen LogP contribution in [0.25, 0.3) is 0 Å². The predicted molar refractivity (Wildman–Crippen MR) is 89.9 cm³/mol. The Kier molecular flexibility index (Phi) is 6.61. The number of benzene rings is 1. The van der Waals surface area contributed by atoms with Gasteiger partial charge in [-0.2, -0.15) is 0 Å². The molecule has 1 aromatic carbocycles. The van der Waals surface area contributed by atoms with Gasteiger partial charge in [0.05, 0.1) is 12.7 Å². The third-order valence-electron chi connectivity index (χ3n) is 3.37. The zero-order chi connectivity index (χ0) is 18.2.